The molecule has 5 nitrogen and oxygen atoms in total. The molecule has 8 heteroatoms. The molecule has 2 aromatic rings. The molecule has 1 N–H and O–H groups in total. The molecule has 0 amide bonds. The summed E-state index contributed by atoms with van der Waals surface area (Å²) in [4.78, 5) is 0. The van der Waals surface area contributed by atoms with E-state index in [1.807, 2.05) is 0 Å². The van der Waals surface area contributed by atoms with E-state index in [0.29, 0.717) is 29.1 Å². The summed E-state index contributed by atoms with van der Waals surface area (Å²) >= 11 is 4.38. The van der Waals surface area contributed by atoms with Gasteiger partial charge in [-0.2, -0.15) is 0 Å². The van der Waals surface area contributed by atoms with Crippen molar-refractivity contribution in [1.29, 1.82) is 0 Å². The summed E-state index contributed by atoms with van der Waals surface area (Å²) in [5, 5.41) is 1.71. The number of anilines is 1. The van der Waals surface area contributed by atoms with Gasteiger partial charge in [-0.3, -0.25) is 4.72 Å². The summed E-state index contributed by atoms with van der Waals surface area (Å²) in [6.45, 7) is 0.949. The van der Waals surface area contributed by atoms with Crippen molar-refractivity contribution in [3.05, 3.63) is 40.2 Å². The lowest BCUT2D eigenvalue weighted by Crippen LogP contribution is -2.12. The first kappa shape index (κ1) is 16.3. The van der Waals surface area contributed by atoms with Crippen molar-refractivity contribution in [1.82, 2.24) is 0 Å². The zero-order valence-electron chi connectivity index (χ0n) is 11.2. The monoisotopic (exact) mass is 391 g/mol. The van der Waals surface area contributed by atoms with Crippen molar-refractivity contribution in [2.24, 2.45) is 0 Å². The van der Waals surface area contributed by atoms with Crippen LogP contribution < -0.4 is 9.46 Å². The highest BCUT2D eigenvalue weighted by atomic mass is 79.9. The normalized spacial score (nSPS) is 11.3. The van der Waals surface area contributed by atoms with Crippen LogP contribution in [0, 0.1) is 0 Å². The summed E-state index contributed by atoms with van der Waals surface area (Å²) in [6, 6.07) is 8.42. The second-order valence-corrected chi connectivity index (χ2v) is 7.68. The molecular formula is C13H14BrNO4S2. The first-order valence-electron chi connectivity index (χ1n) is 6.00. The Morgan fingerprint density at radius 3 is 2.48 bits per heavy atom. The third-order valence-electron chi connectivity index (χ3n) is 2.49. The van der Waals surface area contributed by atoms with Crippen molar-refractivity contribution < 1.29 is 17.9 Å². The topological polar surface area (TPSA) is 64.6 Å². The number of rotatable bonds is 7. The van der Waals surface area contributed by atoms with Gasteiger partial charge in [-0.15, -0.1) is 11.3 Å². The van der Waals surface area contributed by atoms with Gasteiger partial charge in [0.05, 0.1) is 6.61 Å². The number of halogens is 1. The first-order valence-corrected chi connectivity index (χ1v) is 9.16. The second kappa shape index (κ2) is 7.26. The Morgan fingerprint density at radius 2 is 1.90 bits per heavy atom. The molecule has 0 aliphatic carbocycles. The van der Waals surface area contributed by atoms with E-state index in [0.717, 1.165) is 11.3 Å². The van der Waals surface area contributed by atoms with E-state index in [1.165, 1.54) is 0 Å². The summed E-state index contributed by atoms with van der Waals surface area (Å²) < 4.78 is 38.0. The lowest BCUT2D eigenvalue weighted by Gasteiger charge is -2.09. The molecule has 0 atom stereocenters. The van der Waals surface area contributed by atoms with Crippen LogP contribution in [-0.4, -0.2) is 28.7 Å². The highest BCUT2D eigenvalue weighted by Crippen LogP contribution is 2.29. The number of ether oxygens (including phenoxy) is 2. The van der Waals surface area contributed by atoms with E-state index in [2.05, 4.69) is 20.7 Å². The predicted octanol–water partition coefficient (Wildman–Crippen LogP) is 3.34. The van der Waals surface area contributed by atoms with Crippen molar-refractivity contribution in [2.45, 2.75) is 4.21 Å². The van der Waals surface area contributed by atoms with E-state index in [-0.39, 0.29) is 4.21 Å². The van der Waals surface area contributed by atoms with Crippen LogP contribution in [0.3, 0.4) is 0 Å². The van der Waals surface area contributed by atoms with Crippen LogP contribution in [0.25, 0.3) is 0 Å². The zero-order chi connectivity index (χ0) is 15.3. The van der Waals surface area contributed by atoms with Gasteiger partial charge in [0.25, 0.3) is 10.0 Å². The Hall–Kier alpha value is -1.09. The molecule has 0 fully saturated rings. The Labute approximate surface area is 136 Å². The Balaban J connectivity index is 2.05. The molecule has 0 aliphatic rings. The maximum atomic E-state index is 12.2. The van der Waals surface area contributed by atoms with Crippen molar-refractivity contribution >= 4 is 43.0 Å². The standard InChI is InChI=1S/C13H14BrNO4S2/c1-18-7-8-19-11-4-2-10(3-5-11)15-21(16,17)13-12(14)6-9-20-13/h2-6,9,15H,7-8H2,1H3. The average molecular weight is 392 g/mol. The van der Waals surface area contributed by atoms with Gasteiger partial charge in [0, 0.05) is 17.3 Å². The molecule has 0 unspecified atom stereocenters. The number of thiophene rings is 1. The highest BCUT2D eigenvalue weighted by Gasteiger charge is 2.19. The summed E-state index contributed by atoms with van der Waals surface area (Å²) in [5.41, 5.74) is 0.481. The van der Waals surface area contributed by atoms with E-state index in [4.69, 9.17) is 9.47 Å². The quantitative estimate of drug-likeness (QED) is 0.735. The predicted molar refractivity (Wildman–Crippen MR) is 86.6 cm³/mol. The first-order chi connectivity index (χ1) is 10.0. The molecule has 0 spiro atoms. The number of sulfonamides is 1. The van der Waals surface area contributed by atoms with Gasteiger partial charge < -0.3 is 9.47 Å². The van der Waals surface area contributed by atoms with Crippen LogP contribution in [0.15, 0.2) is 44.4 Å². The molecule has 0 bridgehead atoms. The van der Waals surface area contributed by atoms with Gasteiger partial charge in [-0.25, -0.2) is 8.42 Å². The number of hydrogen-bond donors (Lipinski definition) is 1. The van der Waals surface area contributed by atoms with Gasteiger partial charge >= 0.3 is 0 Å². The molecule has 21 heavy (non-hydrogen) atoms. The van der Waals surface area contributed by atoms with Crippen LogP contribution in [0.5, 0.6) is 5.75 Å². The van der Waals surface area contributed by atoms with Crippen LogP contribution in [0.1, 0.15) is 0 Å². The highest BCUT2D eigenvalue weighted by molar-refractivity contribution is 9.10. The third kappa shape index (κ3) is 4.44. The van der Waals surface area contributed by atoms with E-state index < -0.39 is 10.0 Å². The fourth-order valence-corrected chi connectivity index (χ4v) is 4.93. The van der Waals surface area contributed by atoms with Gasteiger partial charge in [0.15, 0.2) is 4.21 Å². The lowest BCUT2D eigenvalue weighted by molar-refractivity contribution is 0.146. The average Bonchev–Trinajstić information content (AvgIpc) is 2.88. The summed E-state index contributed by atoms with van der Waals surface area (Å²) in [7, 11) is -1.97. The molecule has 0 saturated heterocycles. The van der Waals surface area contributed by atoms with E-state index in [9.17, 15) is 8.42 Å². The molecule has 1 aromatic carbocycles. The second-order valence-electron chi connectivity index (χ2n) is 4.03. The maximum Gasteiger partial charge on any atom is 0.272 e. The molecule has 0 radical (unpaired) electrons. The van der Waals surface area contributed by atoms with Crippen molar-refractivity contribution in [2.75, 3.05) is 25.0 Å². The molecule has 114 valence electrons. The Kier molecular flexibility index (Phi) is 5.63. The van der Waals surface area contributed by atoms with Crippen LogP contribution in [0.2, 0.25) is 0 Å². The summed E-state index contributed by atoms with van der Waals surface area (Å²) in [6.07, 6.45) is 0. The minimum Gasteiger partial charge on any atom is -0.491 e. The molecular weight excluding hydrogens is 378 g/mol. The number of methoxy groups -OCH3 is 1. The molecule has 1 heterocycles. The number of benzene rings is 1. The van der Waals surface area contributed by atoms with E-state index >= 15 is 0 Å². The zero-order valence-corrected chi connectivity index (χ0v) is 14.4. The SMILES string of the molecule is COCCOc1ccc(NS(=O)(=O)c2sccc2Br)cc1. The molecule has 1 aromatic heterocycles. The van der Waals surface area contributed by atoms with Gasteiger partial charge in [-0.05, 0) is 51.6 Å². The fraction of sp³-hybridized carbons (Fsp3) is 0.231. The molecule has 0 aliphatic heterocycles. The maximum absolute atomic E-state index is 12.2. The van der Waals surface area contributed by atoms with E-state index in [1.54, 1.807) is 42.8 Å². The van der Waals surface area contributed by atoms with Crippen LogP contribution in [0.4, 0.5) is 5.69 Å². The van der Waals surface area contributed by atoms with Crippen LogP contribution in [-0.2, 0) is 14.8 Å². The fourth-order valence-electron chi connectivity index (χ4n) is 1.54. The minimum absolute atomic E-state index is 0.253. The summed E-state index contributed by atoms with van der Waals surface area (Å²) in [5.74, 6) is 0.660. The largest absolute Gasteiger partial charge is 0.491 e. The lowest BCUT2D eigenvalue weighted by atomic mass is 10.3. The smallest absolute Gasteiger partial charge is 0.272 e. The third-order valence-corrected chi connectivity index (χ3v) is 6.54. The van der Waals surface area contributed by atoms with Crippen molar-refractivity contribution in [3.8, 4) is 5.75 Å². The Morgan fingerprint density at radius 1 is 1.19 bits per heavy atom. The minimum atomic E-state index is -3.57. The Bertz CT molecular complexity index is 682. The van der Waals surface area contributed by atoms with Gasteiger partial charge in [0.1, 0.15) is 12.4 Å². The molecule has 0 saturated carbocycles. The van der Waals surface area contributed by atoms with Gasteiger partial charge in [0.2, 0.25) is 0 Å². The number of nitrogens with one attached hydrogen (secondary N) is 1. The van der Waals surface area contributed by atoms with Crippen molar-refractivity contribution in [3.63, 3.8) is 0 Å². The molecule has 2 rings (SSSR count). The van der Waals surface area contributed by atoms with Crippen LogP contribution >= 0.6 is 27.3 Å². The number of hydrogen-bond acceptors (Lipinski definition) is 5. The van der Waals surface area contributed by atoms with Gasteiger partial charge in [-0.1, -0.05) is 0 Å².